The number of aryl methyl sites for hydroxylation is 1. The van der Waals surface area contributed by atoms with Crippen LogP contribution in [0.25, 0.3) is 22.2 Å². The third-order valence-electron chi connectivity index (χ3n) is 9.29. The maximum atomic E-state index is 14.3. The first-order valence-corrected chi connectivity index (χ1v) is 15.4. The van der Waals surface area contributed by atoms with Gasteiger partial charge < -0.3 is 14.7 Å². The van der Waals surface area contributed by atoms with Gasteiger partial charge in [-0.3, -0.25) is 9.69 Å². The van der Waals surface area contributed by atoms with Crippen molar-refractivity contribution in [1.29, 1.82) is 0 Å². The third kappa shape index (κ3) is 4.72. The number of carbonyl (C=O) groups is 1. The monoisotopic (exact) mass is 548 g/mol. The fourth-order valence-electron chi connectivity index (χ4n) is 7.22. The fraction of sp³-hybridized carbons (Fsp3) is 0.429. The second-order valence-electron chi connectivity index (χ2n) is 12.6. The number of aromatic nitrogens is 1. The summed E-state index contributed by atoms with van der Waals surface area (Å²) in [5, 5.41) is 9.14. The molecule has 0 spiro atoms. The van der Waals surface area contributed by atoms with Gasteiger partial charge in [0.05, 0.1) is 22.3 Å². The molecule has 6 nitrogen and oxygen atoms in total. The number of nitrogens with zero attached hydrogens (tertiary/aromatic N) is 3. The molecular weight excluding hydrogens is 508 g/mol. The normalized spacial score (nSPS) is 17.9. The highest BCUT2D eigenvalue weighted by Crippen LogP contribution is 2.48. The van der Waals surface area contributed by atoms with Crippen molar-refractivity contribution >= 4 is 33.7 Å². The Morgan fingerprint density at radius 2 is 1.73 bits per heavy atom. The number of anilines is 3. The number of benzene rings is 3. The van der Waals surface area contributed by atoms with E-state index in [9.17, 15) is 4.79 Å². The van der Waals surface area contributed by atoms with Crippen molar-refractivity contribution in [3.63, 3.8) is 0 Å². The van der Waals surface area contributed by atoms with Gasteiger partial charge >= 0.3 is 0 Å². The number of carbonyl (C=O) groups excluding carboxylic acids is 1. The van der Waals surface area contributed by atoms with Crippen LogP contribution < -0.4 is 10.2 Å². The van der Waals surface area contributed by atoms with Gasteiger partial charge in [-0.05, 0) is 55.9 Å². The first kappa shape index (κ1) is 26.3. The van der Waals surface area contributed by atoms with Gasteiger partial charge in [0.15, 0.2) is 11.5 Å². The molecule has 1 aromatic heterocycles. The molecular formula is C35H40N4O2. The number of fused-ring (bicyclic) bond motifs is 2. The summed E-state index contributed by atoms with van der Waals surface area (Å²) in [6, 6.07) is 17.3. The molecule has 0 bridgehead atoms. The molecule has 0 atom stereocenters. The summed E-state index contributed by atoms with van der Waals surface area (Å²) in [7, 11) is 0. The zero-order chi connectivity index (χ0) is 28.1. The minimum absolute atomic E-state index is 0.0367. The van der Waals surface area contributed by atoms with Crippen molar-refractivity contribution in [3.8, 4) is 11.3 Å². The number of hydrogen-bond acceptors (Lipinski definition) is 6. The molecule has 3 aromatic carbocycles. The highest BCUT2D eigenvalue weighted by Gasteiger charge is 2.36. The number of ketones is 1. The van der Waals surface area contributed by atoms with Crippen molar-refractivity contribution in [2.24, 2.45) is 5.92 Å². The van der Waals surface area contributed by atoms with E-state index in [1.807, 2.05) is 12.1 Å². The highest BCUT2D eigenvalue weighted by atomic mass is 16.5. The van der Waals surface area contributed by atoms with Crippen LogP contribution in [0.15, 0.2) is 53.1 Å². The third-order valence-corrected chi connectivity index (χ3v) is 9.29. The van der Waals surface area contributed by atoms with Crippen molar-refractivity contribution < 1.29 is 9.32 Å². The van der Waals surface area contributed by atoms with Gasteiger partial charge in [-0.15, -0.1) is 0 Å². The molecule has 212 valence electrons. The van der Waals surface area contributed by atoms with Crippen molar-refractivity contribution in [2.75, 3.05) is 36.4 Å². The summed E-state index contributed by atoms with van der Waals surface area (Å²) in [6.07, 6.45) is 7.64. The molecule has 2 aliphatic carbocycles. The predicted octanol–water partition coefficient (Wildman–Crippen LogP) is 7.74. The molecule has 2 heterocycles. The summed E-state index contributed by atoms with van der Waals surface area (Å²) in [5.41, 5.74) is 8.27. The molecule has 3 aliphatic rings. The van der Waals surface area contributed by atoms with E-state index < -0.39 is 0 Å². The first-order valence-electron chi connectivity index (χ1n) is 15.4. The van der Waals surface area contributed by atoms with E-state index in [0.717, 1.165) is 83.5 Å². The van der Waals surface area contributed by atoms with Gasteiger partial charge in [0.2, 0.25) is 0 Å². The second-order valence-corrected chi connectivity index (χ2v) is 12.6. The van der Waals surface area contributed by atoms with E-state index in [2.05, 4.69) is 77.4 Å². The van der Waals surface area contributed by atoms with Crippen LogP contribution in [0.1, 0.15) is 73.0 Å². The van der Waals surface area contributed by atoms with Crippen LogP contribution in [-0.4, -0.2) is 48.1 Å². The van der Waals surface area contributed by atoms with E-state index in [1.165, 1.54) is 37.7 Å². The molecule has 7 rings (SSSR count). The fourth-order valence-corrected chi connectivity index (χ4v) is 7.22. The highest BCUT2D eigenvalue weighted by molar-refractivity contribution is 6.29. The summed E-state index contributed by atoms with van der Waals surface area (Å²) in [5.74, 6) is 1.23. The summed E-state index contributed by atoms with van der Waals surface area (Å²) in [6.45, 7) is 10.5. The molecule has 1 saturated heterocycles. The second kappa shape index (κ2) is 10.6. The van der Waals surface area contributed by atoms with E-state index in [-0.39, 0.29) is 5.78 Å². The molecule has 0 radical (unpaired) electrons. The Balaban J connectivity index is 1.34. The molecule has 4 aromatic rings. The van der Waals surface area contributed by atoms with Gasteiger partial charge in [-0.25, -0.2) is 0 Å². The first-order chi connectivity index (χ1) is 20.0. The maximum Gasteiger partial charge on any atom is 0.196 e. The van der Waals surface area contributed by atoms with Gasteiger partial charge in [0.25, 0.3) is 0 Å². The minimum atomic E-state index is 0.0367. The number of nitrogens with one attached hydrogen (secondary N) is 1. The maximum absolute atomic E-state index is 14.3. The quantitative estimate of drug-likeness (QED) is 0.234. The van der Waals surface area contributed by atoms with Crippen molar-refractivity contribution in [3.05, 3.63) is 70.8 Å². The lowest BCUT2D eigenvalue weighted by atomic mass is 9.82. The Morgan fingerprint density at radius 3 is 2.46 bits per heavy atom. The summed E-state index contributed by atoms with van der Waals surface area (Å²) >= 11 is 0. The lowest BCUT2D eigenvalue weighted by molar-refractivity contribution is 0.104. The minimum Gasteiger partial charge on any atom is -0.367 e. The standard InChI is InChI=1S/C35H40N4O2/c1-22(2)20-24-8-7-11-27-30(24)35-32-31(34(27)40)28(36-25-14-12-23(3)13-15-25)21-29(33(32)37-41-35)39-18-16-38(17-19-39)26-9-5-4-6-10-26/h7-8,11-15,21-22,26,36H,4-6,9-10,16-20H2,1-3H3. The van der Waals surface area contributed by atoms with Crippen molar-refractivity contribution in [2.45, 2.75) is 65.3 Å². The number of piperazine rings is 1. The SMILES string of the molecule is Cc1ccc(Nc2cc(N3CCN(C4CCCCC4)CC3)c3noc4c3c2C(=O)c2cccc(CC(C)C)c2-4)cc1. The van der Waals surface area contributed by atoms with Crippen molar-refractivity contribution in [1.82, 2.24) is 10.1 Å². The van der Waals surface area contributed by atoms with E-state index in [1.54, 1.807) is 0 Å². The average Bonchev–Trinajstić information content (AvgIpc) is 3.42. The Labute approximate surface area is 242 Å². The lowest BCUT2D eigenvalue weighted by Gasteiger charge is -2.41. The number of hydrogen-bond donors (Lipinski definition) is 1. The van der Waals surface area contributed by atoms with Gasteiger partial charge in [0.1, 0.15) is 5.52 Å². The smallest absolute Gasteiger partial charge is 0.196 e. The zero-order valence-corrected chi connectivity index (χ0v) is 24.5. The van der Waals surface area contributed by atoms with Crippen LogP contribution in [0.5, 0.6) is 0 Å². The zero-order valence-electron chi connectivity index (χ0n) is 24.5. The van der Waals surface area contributed by atoms with Crippen LogP contribution in [-0.2, 0) is 6.42 Å². The Bertz CT molecular complexity index is 1590. The Kier molecular flexibility index (Phi) is 6.82. The molecule has 0 amide bonds. The van der Waals surface area contributed by atoms with Crippen LogP contribution in [0, 0.1) is 12.8 Å². The Hall–Kier alpha value is -3.64. The van der Waals surface area contributed by atoms with Crippen LogP contribution in [0.2, 0.25) is 0 Å². The largest absolute Gasteiger partial charge is 0.367 e. The molecule has 41 heavy (non-hydrogen) atoms. The topological polar surface area (TPSA) is 61.6 Å². The van der Waals surface area contributed by atoms with E-state index >= 15 is 0 Å². The predicted molar refractivity (Wildman–Crippen MR) is 167 cm³/mol. The molecule has 1 N–H and O–H groups in total. The van der Waals surface area contributed by atoms with Crippen LogP contribution >= 0.6 is 0 Å². The summed E-state index contributed by atoms with van der Waals surface area (Å²) in [4.78, 5) is 19.4. The van der Waals surface area contributed by atoms with E-state index in [4.69, 9.17) is 4.52 Å². The number of rotatable bonds is 6. The molecule has 6 heteroatoms. The lowest BCUT2D eigenvalue weighted by Crippen LogP contribution is -2.51. The molecule has 1 aliphatic heterocycles. The molecule has 2 fully saturated rings. The Morgan fingerprint density at radius 1 is 0.976 bits per heavy atom. The molecule has 0 unspecified atom stereocenters. The van der Waals surface area contributed by atoms with Gasteiger partial charge in [-0.2, -0.15) is 0 Å². The van der Waals surface area contributed by atoms with Crippen LogP contribution in [0.4, 0.5) is 17.1 Å². The average molecular weight is 549 g/mol. The van der Waals surface area contributed by atoms with Crippen LogP contribution in [0.3, 0.4) is 0 Å². The van der Waals surface area contributed by atoms with Gasteiger partial charge in [0, 0.05) is 49.0 Å². The van der Waals surface area contributed by atoms with Gasteiger partial charge in [-0.1, -0.05) is 74.2 Å². The molecule has 1 saturated carbocycles. The van der Waals surface area contributed by atoms with E-state index in [0.29, 0.717) is 17.0 Å². The summed E-state index contributed by atoms with van der Waals surface area (Å²) < 4.78 is 6.20.